The molecule has 4 heteroatoms. The van der Waals surface area contributed by atoms with E-state index in [1.165, 1.54) is 0 Å². The summed E-state index contributed by atoms with van der Waals surface area (Å²) in [6, 6.07) is 14.1. The normalized spacial score (nSPS) is 20.7. The van der Waals surface area contributed by atoms with Crippen molar-refractivity contribution in [1.29, 1.82) is 0 Å². The molecule has 2 aromatic carbocycles. The van der Waals surface area contributed by atoms with Gasteiger partial charge in [-0.2, -0.15) is 0 Å². The monoisotopic (exact) mass is 404 g/mol. The molecular formula is C26H32N2O2. The summed E-state index contributed by atoms with van der Waals surface area (Å²) in [4.78, 5) is 2.20. The highest BCUT2D eigenvalue weighted by molar-refractivity contribution is 5.87. The molecule has 1 atom stereocenters. The zero-order valence-electron chi connectivity index (χ0n) is 18.1. The summed E-state index contributed by atoms with van der Waals surface area (Å²) < 4.78 is 6.54. The van der Waals surface area contributed by atoms with Crippen LogP contribution in [0.5, 0.6) is 11.5 Å². The fraction of sp³-hybridized carbons (Fsp3) is 0.385. The van der Waals surface area contributed by atoms with Crippen molar-refractivity contribution in [3.8, 4) is 11.5 Å². The molecule has 0 aliphatic carbocycles. The van der Waals surface area contributed by atoms with E-state index in [-0.39, 0.29) is 11.4 Å². The molecule has 0 bridgehead atoms. The van der Waals surface area contributed by atoms with Gasteiger partial charge in [0.2, 0.25) is 0 Å². The Labute approximate surface area is 179 Å². The second kappa shape index (κ2) is 8.57. The van der Waals surface area contributed by atoms with Gasteiger partial charge in [0, 0.05) is 41.9 Å². The zero-order valence-corrected chi connectivity index (χ0v) is 18.1. The molecule has 4 rings (SSSR count). The molecule has 1 spiro atoms. The Bertz CT molecular complexity index is 951. The van der Waals surface area contributed by atoms with E-state index in [4.69, 9.17) is 4.74 Å². The zero-order chi connectivity index (χ0) is 21.1. The minimum Gasteiger partial charge on any atom is -0.507 e. The van der Waals surface area contributed by atoms with Crippen molar-refractivity contribution in [1.82, 2.24) is 10.2 Å². The number of ether oxygens (including phenoxy) is 1. The second-order valence-electron chi connectivity index (χ2n) is 8.18. The first-order valence-corrected chi connectivity index (χ1v) is 11.1. The standard InChI is InChI=1S/C26H32N2O2/c1-4-28(5-2)19(3)20-11-12-21(24(29)17-20)23-18-26(13-8-15-27-16-14-26)30-25-10-7-6-9-22(23)25/h6-7,9-12,17-18,27,29H,3-5,8,13-16H2,1-2H3. The van der Waals surface area contributed by atoms with Crippen molar-refractivity contribution in [2.75, 3.05) is 26.2 Å². The minimum absolute atomic E-state index is 0.283. The first-order chi connectivity index (χ1) is 14.6. The Hall–Kier alpha value is -2.72. The molecule has 0 saturated carbocycles. The van der Waals surface area contributed by atoms with E-state index < -0.39 is 0 Å². The third-order valence-electron chi connectivity index (χ3n) is 6.34. The van der Waals surface area contributed by atoms with Gasteiger partial charge in [0.15, 0.2) is 0 Å². The van der Waals surface area contributed by atoms with E-state index >= 15 is 0 Å². The molecular weight excluding hydrogens is 372 g/mol. The molecule has 2 aromatic rings. The number of phenols is 1. The van der Waals surface area contributed by atoms with Crippen LogP contribution in [0.4, 0.5) is 0 Å². The maximum Gasteiger partial charge on any atom is 0.129 e. The van der Waals surface area contributed by atoms with E-state index in [1.54, 1.807) is 0 Å². The number of hydrogen-bond donors (Lipinski definition) is 2. The Morgan fingerprint density at radius 3 is 2.67 bits per heavy atom. The van der Waals surface area contributed by atoms with Crippen molar-refractivity contribution >= 4 is 11.3 Å². The van der Waals surface area contributed by atoms with E-state index in [9.17, 15) is 5.11 Å². The minimum atomic E-state index is -0.330. The van der Waals surface area contributed by atoms with Gasteiger partial charge < -0.3 is 20.1 Å². The fourth-order valence-electron chi connectivity index (χ4n) is 4.63. The molecule has 4 nitrogen and oxygen atoms in total. The number of benzene rings is 2. The molecule has 2 heterocycles. The highest BCUT2D eigenvalue weighted by Crippen LogP contribution is 2.45. The third-order valence-corrected chi connectivity index (χ3v) is 6.34. The maximum absolute atomic E-state index is 11.0. The van der Waals surface area contributed by atoms with Gasteiger partial charge in [-0.1, -0.05) is 30.8 Å². The molecule has 2 aliphatic rings. The summed E-state index contributed by atoms with van der Waals surface area (Å²) in [5.41, 5.74) is 4.49. The van der Waals surface area contributed by atoms with Crippen LogP contribution in [-0.2, 0) is 0 Å². The maximum atomic E-state index is 11.0. The molecule has 0 radical (unpaired) electrons. The van der Waals surface area contributed by atoms with Gasteiger partial charge in [-0.3, -0.25) is 0 Å². The lowest BCUT2D eigenvalue weighted by Gasteiger charge is -2.36. The number of hydrogen-bond acceptors (Lipinski definition) is 4. The third kappa shape index (κ3) is 3.84. The van der Waals surface area contributed by atoms with Gasteiger partial charge in [-0.05, 0) is 69.6 Å². The Morgan fingerprint density at radius 2 is 1.90 bits per heavy atom. The highest BCUT2D eigenvalue weighted by atomic mass is 16.5. The predicted octanol–water partition coefficient (Wildman–Crippen LogP) is 5.04. The van der Waals surface area contributed by atoms with Gasteiger partial charge in [0.05, 0.1) is 0 Å². The van der Waals surface area contributed by atoms with Gasteiger partial charge in [-0.25, -0.2) is 0 Å². The predicted molar refractivity (Wildman–Crippen MR) is 124 cm³/mol. The lowest BCUT2D eigenvalue weighted by atomic mass is 9.84. The second-order valence-corrected chi connectivity index (χ2v) is 8.18. The van der Waals surface area contributed by atoms with Crippen LogP contribution in [0.25, 0.3) is 11.3 Å². The number of aromatic hydroxyl groups is 1. The lowest BCUT2D eigenvalue weighted by molar-refractivity contribution is 0.103. The molecule has 0 aromatic heterocycles. The molecule has 158 valence electrons. The number of fused-ring (bicyclic) bond motifs is 1. The highest BCUT2D eigenvalue weighted by Gasteiger charge is 2.36. The van der Waals surface area contributed by atoms with Crippen molar-refractivity contribution in [3.05, 3.63) is 71.8 Å². The van der Waals surface area contributed by atoms with E-state index in [0.29, 0.717) is 0 Å². The van der Waals surface area contributed by atoms with Crippen LogP contribution < -0.4 is 10.1 Å². The molecule has 1 fully saturated rings. The molecule has 30 heavy (non-hydrogen) atoms. The number of para-hydroxylation sites is 1. The largest absolute Gasteiger partial charge is 0.507 e. The van der Waals surface area contributed by atoms with Crippen LogP contribution in [0.3, 0.4) is 0 Å². The summed E-state index contributed by atoms with van der Waals surface area (Å²) in [6.45, 7) is 12.2. The van der Waals surface area contributed by atoms with Crippen LogP contribution >= 0.6 is 0 Å². The molecule has 1 saturated heterocycles. The van der Waals surface area contributed by atoms with Crippen molar-refractivity contribution in [2.45, 2.75) is 38.7 Å². The van der Waals surface area contributed by atoms with Crippen LogP contribution in [0.2, 0.25) is 0 Å². The van der Waals surface area contributed by atoms with Crippen LogP contribution in [0, 0.1) is 0 Å². The van der Waals surface area contributed by atoms with Gasteiger partial charge in [0.1, 0.15) is 17.1 Å². The average Bonchev–Trinajstić information content (AvgIpc) is 2.99. The Morgan fingerprint density at radius 1 is 1.10 bits per heavy atom. The van der Waals surface area contributed by atoms with Crippen LogP contribution in [-0.4, -0.2) is 41.8 Å². The molecule has 2 aliphatic heterocycles. The summed E-state index contributed by atoms with van der Waals surface area (Å²) in [5, 5.41) is 14.5. The SMILES string of the molecule is C=C(c1ccc(C2=CC3(CCCNCC3)Oc3ccccc32)c(O)c1)N(CC)CC. The van der Waals surface area contributed by atoms with E-state index in [0.717, 1.165) is 79.2 Å². The topological polar surface area (TPSA) is 44.7 Å². The van der Waals surface area contributed by atoms with Crippen LogP contribution in [0.15, 0.2) is 55.1 Å². The summed E-state index contributed by atoms with van der Waals surface area (Å²) in [7, 11) is 0. The van der Waals surface area contributed by atoms with E-state index in [1.807, 2.05) is 30.3 Å². The molecule has 1 unspecified atom stereocenters. The quantitative estimate of drug-likeness (QED) is 0.733. The first-order valence-electron chi connectivity index (χ1n) is 11.1. The molecule has 0 amide bonds. The smallest absolute Gasteiger partial charge is 0.129 e. The summed E-state index contributed by atoms with van der Waals surface area (Å²) in [5.74, 6) is 1.18. The van der Waals surface area contributed by atoms with Crippen molar-refractivity contribution in [3.63, 3.8) is 0 Å². The first kappa shape index (κ1) is 20.5. The van der Waals surface area contributed by atoms with Crippen LogP contribution in [0.1, 0.15) is 49.8 Å². The fourth-order valence-corrected chi connectivity index (χ4v) is 4.63. The number of nitrogens with one attached hydrogen (secondary N) is 1. The van der Waals surface area contributed by atoms with Gasteiger partial charge in [0.25, 0.3) is 0 Å². The van der Waals surface area contributed by atoms with Crippen molar-refractivity contribution in [2.24, 2.45) is 0 Å². The number of rotatable bonds is 5. The van der Waals surface area contributed by atoms with Gasteiger partial charge >= 0.3 is 0 Å². The Balaban J connectivity index is 1.77. The van der Waals surface area contributed by atoms with E-state index in [2.05, 4.69) is 48.9 Å². The number of phenolic OH excluding ortho intramolecular Hbond substituents is 1. The Kier molecular flexibility index (Phi) is 5.87. The molecule has 2 N–H and O–H groups in total. The lowest BCUT2D eigenvalue weighted by Crippen LogP contribution is -2.37. The van der Waals surface area contributed by atoms with Gasteiger partial charge in [-0.15, -0.1) is 0 Å². The summed E-state index contributed by atoms with van der Waals surface area (Å²) in [6.07, 6.45) is 5.20. The summed E-state index contributed by atoms with van der Waals surface area (Å²) >= 11 is 0. The number of nitrogens with zero attached hydrogens (tertiary/aromatic N) is 1. The van der Waals surface area contributed by atoms with Crippen molar-refractivity contribution < 1.29 is 9.84 Å². The average molecular weight is 405 g/mol.